The van der Waals surface area contributed by atoms with Crippen LogP contribution >= 0.6 is 0 Å². The molecule has 2 aromatic heterocycles. The van der Waals surface area contributed by atoms with Gasteiger partial charge in [0.05, 0.1) is 5.69 Å². The van der Waals surface area contributed by atoms with Crippen LogP contribution in [-0.2, 0) is 11.3 Å². The number of hydrogen-bond donors (Lipinski definition) is 2. The Morgan fingerprint density at radius 2 is 2.21 bits per heavy atom. The molecule has 6 nitrogen and oxygen atoms in total. The van der Waals surface area contributed by atoms with Crippen molar-refractivity contribution in [2.75, 3.05) is 13.1 Å². The van der Waals surface area contributed by atoms with Crippen LogP contribution in [0.2, 0.25) is 0 Å². The Balaban J connectivity index is 1.98. The van der Waals surface area contributed by atoms with Gasteiger partial charge in [-0.1, -0.05) is 6.07 Å². The lowest BCUT2D eigenvalue weighted by Gasteiger charge is -2.06. The summed E-state index contributed by atoms with van der Waals surface area (Å²) in [4.78, 5) is 26.9. The van der Waals surface area contributed by atoms with Crippen molar-refractivity contribution in [2.24, 2.45) is 0 Å². The van der Waals surface area contributed by atoms with Gasteiger partial charge in [-0.05, 0) is 12.1 Å². The van der Waals surface area contributed by atoms with Gasteiger partial charge in [0.15, 0.2) is 0 Å². The average Bonchev–Trinajstić information content (AvgIpc) is 2.38. The van der Waals surface area contributed by atoms with E-state index in [4.69, 9.17) is 0 Å². The van der Waals surface area contributed by atoms with E-state index in [1.807, 2.05) is 6.07 Å². The van der Waals surface area contributed by atoms with Crippen molar-refractivity contribution < 1.29 is 4.79 Å². The highest BCUT2D eigenvalue weighted by Crippen LogP contribution is 1.98. The van der Waals surface area contributed by atoms with Crippen molar-refractivity contribution in [1.29, 1.82) is 0 Å². The minimum atomic E-state index is -0.0933. The molecule has 1 amide bonds. The van der Waals surface area contributed by atoms with Crippen LogP contribution in [0.3, 0.4) is 0 Å². The van der Waals surface area contributed by atoms with Crippen molar-refractivity contribution in [3.05, 3.63) is 46.5 Å². The van der Waals surface area contributed by atoms with Gasteiger partial charge in [0, 0.05) is 38.8 Å². The zero-order chi connectivity index (χ0) is 13.7. The molecule has 6 heteroatoms. The number of pyridine rings is 1. The third kappa shape index (κ3) is 3.62. The minimum Gasteiger partial charge on any atom is -0.355 e. The molecule has 2 rings (SSSR count). The van der Waals surface area contributed by atoms with Crippen LogP contribution in [0.1, 0.15) is 12.6 Å². The molecule has 0 bridgehead atoms. The molecule has 2 heterocycles. The van der Waals surface area contributed by atoms with Crippen molar-refractivity contribution in [1.82, 2.24) is 20.0 Å². The lowest BCUT2D eigenvalue weighted by molar-refractivity contribution is -0.118. The zero-order valence-electron chi connectivity index (χ0n) is 10.7. The number of hydrogen-bond acceptors (Lipinski definition) is 4. The minimum absolute atomic E-state index is 0.0520. The summed E-state index contributed by atoms with van der Waals surface area (Å²) in [7, 11) is 0. The molecule has 0 saturated carbocycles. The summed E-state index contributed by atoms with van der Waals surface area (Å²) in [6.45, 7) is 3.17. The van der Waals surface area contributed by atoms with Gasteiger partial charge in [-0.3, -0.25) is 14.0 Å². The highest BCUT2D eigenvalue weighted by atomic mass is 16.1. The second kappa shape index (κ2) is 6.10. The average molecular weight is 260 g/mol. The summed E-state index contributed by atoms with van der Waals surface area (Å²) in [5.41, 5.74) is 1.23. The number of nitrogens with one attached hydrogen (secondary N) is 2. The normalized spacial score (nSPS) is 10.6. The van der Waals surface area contributed by atoms with Gasteiger partial charge >= 0.3 is 0 Å². The number of amides is 1. The fourth-order valence-electron chi connectivity index (χ4n) is 1.74. The van der Waals surface area contributed by atoms with Crippen LogP contribution < -0.4 is 16.2 Å². The summed E-state index contributed by atoms with van der Waals surface area (Å²) >= 11 is 0. The maximum Gasteiger partial charge on any atom is 0.258 e. The Morgan fingerprint density at radius 3 is 3.00 bits per heavy atom. The lowest BCUT2D eigenvalue weighted by atomic mass is 10.3. The van der Waals surface area contributed by atoms with Crippen LogP contribution in [0.5, 0.6) is 0 Å². The van der Waals surface area contributed by atoms with E-state index in [1.165, 1.54) is 17.4 Å². The molecule has 0 aliphatic carbocycles. The Bertz CT molecular complexity index is 636. The van der Waals surface area contributed by atoms with Crippen molar-refractivity contribution in [3.63, 3.8) is 0 Å². The highest BCUT2D eigenvalue weighted by molar-refractivity contribution is 5.72. The Hall–Kier alpha value is -2.21. The molecule has 0 aliphatic heterocycles. The monoisotopic (exact) mass is 260 g/mol. The topological polar surface area (TPSA) is 75.5 Å². The molecule has 0 aliphatic rings. The standard InChI is InChI=1S/C13H16N4O2/c1-10(18)15-6-5-14-9-11-8-13(19)17-7-3-2-4-12(17)16-11/h2-4,7-8,14H,5-6,9H2,1H3,(H,15,18). The van der Waals surface area contributed by atoms with Crippen molar-refractivity contribution >= 4 is 11.6 Å². The molecular weight excluding hydrogens is 244 g/mol. The molecule has 100 valence electrons. The summed E-state index contributed by atoms with van der Waals surface area (Å²) in [5.74, 6) is -0.0520. The van der Waals surface area contributed by atoms with Crippen LogP contribution in [-0.4, -0.2) is 28.4 Å². The Morgan fingerprint density at radius 1 is 1.37 bits per heavy atom. The highest BCUT2D eigenvalue weighted by Gasteiger charge is 2.01. The first-order valence-corrected chi connectivity index (χ1v) is 6.09. The molecule has 0 atom stereocenters. The molecular formula is C13H16N4O2. The van der Waals surface area contributed by atoms with E-state index < -0.39 is 0 Å². The van der Waals surface area contributed by atoms with Crippen LogP contribution in [0.4, 0.5) is 0 Å². The molecule has 19 heavy (non-hydrogen) atoms. The van der Waals surface area contributed by atoms with Gasteiger partial charge in [-0.15, -0.1) is 0 Å². The van der Waals surface area contributed by atoms with Crippen LogP contribution in [0, 0.1) is 0 Å². The second-order valence-corrected chi connectivity index (χ2v) is 4.17. The molecule has 0 spiro atoms. The number of fused-ring (bicyclic) bond motifs is 1. The van der Waals surface area contributed by atoms with Gasteiger partial charge in [0.1, 0.15) is 5.65 Å². The molecule has 0 saturated heterocycles. The zero-order valence-corrected chi connectivity index (χ0v) is 10.7. The second-order valence-electron chi connectivity index (χ2n) is 4.17. The summed E-state index contributed by atoms with van der Waals surface area (Å²) in [6.07, 6.45) is 1.69. The molecule has 0 radical (unpaired) electrons. The Kier molecular flexibility index (Phi) is 4.25. The number of carbonyl (C=O) groups excluding carboxylic acids is 1. The third-order valence-corrected chi connectivity index (χ3v) is 2.61. The van der Waals surface area contributed by atoms with Gasteiger partial charge in [-0.25, -0.2) is 4.98 Å². The van der Waals surface area contributed by atoms with Crippen LogP contribution in [0.15, 0.2) is 35.3 Å². The van der Waals surface area contributed by atoms with E-state index in [0.717, 1.165) is 0 Å². The third-order valence-electron chi connectivity index (χ3n) is 2.61. The molecule has 0 fully saturated rings. The first-order valence-electron chi connectivity index (χ1n) is 6.09. The van der Waals surface area contributed by atoms with E-state index >= 15 is 0 Å². The SMILES string of the molecule is CC(=O)NCCNCc1cc(=O)n2ccccc2n1. The maximum absolute atomic E-state index is 11.8. The van der Waals surface area contributed by atoms with E-state index in [2.05, 4.69) is 15.6 Å². The number of nitrogens with zero attached hydrogens (tertiary/aromatic N) is 2. The predicted molar refractivity (Wildman–Crippen MR) is 71.9 cm³/mol. The van der Waals surface area contributed by atoms with Gasteiger partial charge in [0.2, 0.25) is 5.91 Å². The largest absolute Gasteiger partial charge is 0.355 e. The van der Waals surface area contributed by atoms with Crippen molar-refractivity contribution in [3.8, 4) is 0 Å². The summed E-state index contributed by atoms with van der Waals surface area (Å²) in [6, 6.07) is 6.94. The fraction of sp³-hybridized carbons (Fsp3) is 0.308. The number of aromatic nitrogens is 2. The van der Waals surface area contributed by atoms with Gasteiger partial charge in [0.25, 0.3) is 5.56 Å². The first-order chi connectivity index (χ1) is 9.16. The quantitative estimate of drug-likeness (QED) is 0.737. The molecule has 2 aromatic rings. The molecule has 2 N–H and O–H groups in total. The predicted octanol–water partition coefficient (Wildman–Crippen LogP) is -0.0798. The number of rotatable bonds is 5. The summed E-state index contributed by atoms with van der Waals surface area (Å²) < 4.78 is 1.50. The Labute approximate surface area is 110 Å². The van der Waals surface area contributed by atoms with Crippen molar-refractivity contribution in [2.45, 2.75) is 13.5 Å². The smallest absolute Gasteiger partial charge is 0.258 e. The van der Waals surface area contributed by atoms with Crippen LogP contribution in [0.25, 0.3) is 5.65 Å². The number of carbonyl (C=O) groups is 1. The maximum atomic E-state index is 11.8. The molecule has 0 unspecified atom stereocenters. The van der Waals surface area contributed by atoms with Gasteiger partial charge < -0.3 is 10.6 Å². The van der Waals surface area contributed by atoms with E-state index in [9.17, 15) is 9.59 Å². The lowest BCUT2D eigenvalue weighted by Crippen LogP contribution is -2.30. The van der Waals surface area contributed by atoms with Gasteiger partial charge in [-0.2, -0.15) is 0 Å². The first kappa shape index (κ1) is 13.2. The molecule has 0 aromatic carbocycles. The van der Waals surface area contributed by atoms with E-state index in [1.54, 1.807) is 18.3 Å². The van der Waals surface area contributed by atoms with E-state index in [-0.39, 0.29) is 11.5 Å². The summed E-state index contributed by atoms with van der Waals surface area (Å²) in [5, 5.41) is 5.81. The van der Waals surface area contributed by atoms with E-state index in [0.29, 0.717) is 31.0 Å². The fourth-order valence-corrected chi connectivity index (χ4v) is 1.74.